The number of hydrogen-bond donors (Lipinski definition) is 0. The summed E-state index contributed by atoms with van der Waals surface area (Å²) < 4.78 is 29.2. The fraction of sp³-hybridized carbons (Fsp3) is 0.320. The molecule has 0 saturated carbocycles. The van der Waals surface area contributed by atoms with E-state index in [1.54, 1.807) is 12.1 Å². The number of fused-ring (bicyclic) bond motifs is 3. The molecule has 28 heavy (non-hydrogen) atoms. The third-order valence-electron chi connectivity index (χ3n) is 5.17. The minimum Gasteiger partial charge on any atom is -0.455 e. The largest absolute Gasteiger partial charge is 0.455 e. The van der Waals surface area contributed by atoms with Crippen molar-refractivity contribution in [3.05, 3.63) is 59.8 Å². The molecule has 2 aromatic heterocycles. The number of aryl methyl sites for hydroxylation is 1. The Labute approximate surface area is 172 Å². The minimum absolute atomic E-state index is 0.245. The number of benzene rings is 2. The van der Waals surface area contributed by atoms with Crippen LogP contribution in [0.1, 0.15) is 29.1 Å². The van der Waals surface area contributed by atoms with E-state index in [-0.39, 0.29) is 5.56 Å². The van der Waals surface area contributed by atoms with Gasteiger partial charge in [0.1, 0.15) is 11.2 Å². The van der Waals surface area contributed by atoms with Crippen molar-refractivity contribution in [2.24, 2.45) is 5.92 Å². The van der Waals surface area contributed by atoms with E-state index in [0.717, 1.165) is 34.2 Å². The lowest BCUT2D eigenvalue weighted by molar-refractivity contribution is 0.646. The highest BCUT2D eigenvalue weighted by molar-refractivity contribution is 6.90. The molecule has 0 amide bonds. The van der Waals surface area contributed by atoms with E-state index >= 15 is 0 Å². The third kappa shape index (κ3) is 3.40. The molecule has 0 atom stereocenters. The molecule has 0 bridgehead atoms. The van der Waals surface area contributed by atoms with E-state index in [4.69, 9.17) is 8.53 Å². The van der Waals surface area contributed by atoms with Crippen LogP contribution in [0.25, 0.3) is 33.2 Å². The lowest BCUT2D eigenvalue weighted by atomic mass is 10.00. The van der Waals surface area contributed by atoms with Gasteiger partial charge in [-0.15, -0.1) is 0 Å². The summed E-state index contributed by atoms with van der Waals surface area (Å²) >= 11 is 0. The van der Waals surface area contributed by atoms with Crippen LogP contribution in [0, 0.1) is 12.8 Å². The molecule has 0 spiro atoms. The Bertz CT molecular complexity index is 1250. The van der Waals surface area contributed by atoms with Crippen molar-refractivity contribution in [3.63, 3.8) is 0 Å². The number of nitrogens with zero attached hydrogens (tertiary/aromatic N) is 1. The van der Waals surface area contributed by atoms with E-state index in [1.165, 1.54) is 22.3 Å². The Morgan fingerprint density at radius 1 is 1.07 bits per heavy atom. The van der Waals surface area contributed by atoms with Gasteiger partial charge in [0.25, 0.3) is 0 Å². The summed E-state index contributed by atoms with van der Waals surface area (Å²) in [4.78, 5) is 4.48. The average Bonchev–Trinajstić information content (AvgIpc) is 3.04. The normalized spacial score (nSPS) is 14.4. The van der Waals surface area contributed by atoms with Crippen LogP contribution in [0.2, 0.25) is 19.6 Å². The highest BCUT2D eigenvalue weighted by Crippen LogP contribution is 2.36. The summed E-state index contributed by atoms with van der Waals surface area (Å²) in [5, 5.41) is 3.70. The first kappa shape index (κ1) is 15.5. The summed E-state index contributed by atoms with van der Waals surface area (Å²) in [5.41, 5.74) is 4.91. The van der Waals surface area contributed by atoms with Gasteiger partial charge in [-0.05, 0) is 59.8 Å². The molecule has 2 heterocycles. The van der Waals surface area contributed by atoms with E-state index in [2.05, 4.69) is 68.8 Å². The Hall–Kier alpha value is -2.39. The molecular formula is C25H29NOSi. The number of aromatic nitrogens is 1. The van der Waals surface area contributed by atoms with Crippen molar-refractivity contribution in [1.29, 1.82) is 0 Å². The highest BCUT2D eigenvalue weighted by Gasteiger charge is 2.25. The first-order valence-electron chi connectivity index (χ1n) is 11.4. The molecule has 144 valence electrons. The van der Waals surface area contributed by atoms with Gasteiger partial charge in [-0.25, -0.2) is 0 Å². The van der Waals surface area contributed by atoms with Crippen molar-refractivity contribution in [2.75, 3.05) is 0 Å². The molecule has 2 nitrogen and oxygen atoms in total. The van der Waals surface area contributed by atoms with E-state index < -0.39 is 14.9 Å². The lowest BCUT2D eigenvalue weighted by Gasteiger charge is -2.19. The molecule has 4 rings (SSSR count). The molecular weight excluding hydrogens is 358 g/mol. The zero-order valence-electron chi connectivity index (χ0n) is 20.3. The van der Waals surface area contributed by atoms with Crippen LogP contribution in [0.15, 0.2) is 53.1 Å². The molecule has 4 aromatic rings. The predicted octanol–water partition coefficient (Wildman–Crippen LogP) is 6.70. The van der Waals surface area contributed by atoms with Crippen molar-refractivity contribution >= 4 is 35.2 Å². The van der Waals surface area contributed by atoms with Gasteiger partial charge in [-0.2, -0.15) is 0 Å². The Kier molecular flexibility index (Phi) is 3.82. The summed E-state index contributed by atoms with van der Waals surface area (Å²) in [6, 6.07) is 14.2. The van der Waals surface area contributed by atoms with Gasteiger partial charge >= 0.3 is 0 Å². The van der Waals surface area contributed by atoms with Gasteiger partial charge < -0.3 is 4.42 Å². The van der Waals surface area contributed by atoms with Crippen molar-refractivity contribution in [3.8, 4) is 11.3 Å². The van der Waals surface area contributed by atoms with Crippen molar-refractivity contribution in [2.45, 2.75) is 46.8 Å². The van der Waals surface area contributed by atoms with Crippen LogP contribution in [-0.2, 0) is 6.42 Å². The van der Waals surface area contributed by atoms with Crippen LogP contribution in [-0.4, -0.2) is 13.1 Å². The Morgan fingerprint density at radius 2 is 1.89 bits per heavy atom. The monoisotopic (exact) mass is 390 g/mol. The number of furan rings is 1. The summed E-state index contributed by atoms with van der Waals surface area (Å²) in [6.07, 6.45) is 2.48. The van der Waals surface area contributed by atoms with Crippen LogP contribution >= 0.6 is 0 Å². The Morgan fingerprint density at radius 3 is 2.54 bits per heavy atom. The van der Waals surface area contributed by atoms with Gasteiger partial charge in [0, 0.05) is 26.6 Å². The van der Waals surface area contributed by atoms with Crippen LogP contribution in [0.5, 0.6) is 0 Å². The summed E-state index contributed by atoms with van der Waals surface area (Å²) in [6.45, 7) is 9.36. The van der Waals surface area contributed by atoms with Crippen molar-refractivity contribution in [1.82, 2.24) is 4.98 Å². The first-order chi connectivity index (χ1) is 14.4. The van der Waals surface area contributed by atoms with Gasteiger partial charge in [0.05, 0.1) is 13.8 Å². The second-order valence-corrected chi connectivity index (χ2v) is 14.1. The van der Waals surface area contributed by atoms with E-state index in [9.17, 15) is 0 Å². The minimum atomic E-state index is -2.16. The zero-order valence-corrected chi connectivity index (χ0v) is 18.3. The second-order valence-electron chi connectivity index (χ2n) is 9.08. The van der Waals surface area contributed by atoms with Crippen molar-refractivity contribution < 1.29 is 8.53 Å². The summed E-state index contributed by atoms with van der Waals surface area (Å²) in [7, 11) is -1.64. The standard InChI is InChI=1S/C25H29NOSi/c1-16(2)13-18-8-11-22-20(14-18)24-23(28(4,5)6)12-9-19(25(24)27-22)21-10-7-17(3)15-26-21/h7-12,14-16H,13H2,1-6H3/i3D3. The van der Waals surface area contributed by atoms with Crippen LogP contribution in [0.3, 0.4) is 0 Å². The quantitative estimate of drug-likeness (QED) is 0.362. The van der Waals surface area contributed by atoms with E-state index in [1.807, 2.05) is 0 Å². The molecule has 3 heteroatoms. The maximum atomic E-state index is 7.60. The Balaban J connectivity index is 1.98. The topological polar surface area (TPSA) is 26.0 Å². The van der Waals surface area contributed by atoms with E-state index in [0.29, 0.717) is 5.92 Å². The van der Waals surface area contributed by atoms with Gasteiger partial charge in [0.2, 0.25) is 0 Å². The van der Waals surface area contributed by atoms with Gasteiger partial charge in [-0.3, -0.25) is 4.98 Å². The molecule has 0 aliphatic carbocycles. The summed E-state index contributed by atoms with van der Waals surface area (Å²) in [5.74, 6) is 0.587. The predicted molar refractivity (Wildman–Crippen MR) is 123 cm³/mol. The molecule has 0 unspecified atom stereocenters. The third-order valence-corrected chi connectivity index (χ3v) is 7.21. The van der Waals surface area contributed by atoms with Crippen LogP contribution < -0.4 is 5.19 Å². The maximum Gasteiger partial charge on any atom is 0.144 e. The van der Waals surface area contributed by atoms with Crippen LogP contribution in [0.4, 0.5) is 0 Å². The molecule has 0 N–H and O–H groups in total. The second kappa shape index (κ2) is 6.89. The molecule has 0 aliphatic rings. The molecule has 2 aromatic carbocycles. The SMILES string of the molecule is [2H]C([2H])([2H])c1ccc(-c2ccc([Si](C)(C)C)c3c2oc2ccc(CC(C)C)cc23)nc1. The highest BCUT2D eigenvalue weighted by atomic mass is 28.3. The number of hydrogen-bond acceptors (Lipinski definition) is 2. The fourth-order valence-corrected chi connectivity index (χ4v) is 5.49. The number of pyridine rings is 1. The van der Waals surface area contributed by atoms with Gasteiger partial charge in [0.15, 0.2) is 0 Å². The smallest absolute Gasteiger partial charge is 0.144 e. The molecule has 0 fully saturated rings. The molecule has 0 radical (unpaired) electrons. The maximum absolute atomic E-state index is 7.60. The molecule has 0 saturated heterocycles. The average molecular weight is 391 g/mol. The zero-order chi connectivity index (χ0) is 22.6. The van der Waals surface area contributed by atoms with Gasteiger partial charge in [-0.1, -0.05) is 51.7 Å². The fourth-order valence-electron chi connectivity index (χ4n) is 3.91. The molecule has 0 aliphatic heterocycles. The number of rotatable bonds is 4. The lowest BCUT2D eigenvalue weighted by Crippen LogP contribution is -2.37. The first-order valence-corrected chi connectivity index (χ1v) is 13.4.